The van der Waals surface area contributed by atoms with E-state index in [1.165, 1.54) is 0 Å². The zero-order valence-electron chi connectivity index (χ0n) is 15.5. The highest BCUT2D eigenvalue weighted by atomic mass is 16.5. The first kappa shape index (κ1) is 18.4. The van der Waals surface area contributed by atoms with Gasteiger partial charge in [0.25, 0.3) is 5.91 Å². The molecular formula is C21H27N3O2. The fraction of sp³-hybridized carbons (Fsp3) is 0.429. The number of pyridine rings is 1. The lowest BCUT2D eigenvalue weighted by molar-refractivity contribution is 0.0690. The number of rotatable bonds is 7. The van der Waals surface area contributed by atoms with Crippen LogP contribution in [0.4, 0.5) is 5.82 Å². The molecule has 1 aromatic heterocycles. The minimum absolute atomic E-state index is 0.0198. The molecule has 1 N–H and O–H groups in total. The van der Waals surface area contributed by atoms with Crippen molar-refractivity contribution in [1.82, 2.24) is 9.88 Å². The van der Waals surface area contributed by atoms with Crippen LogP contribution in [0.5, 0.6) is 0 Å². The number of nitrogens with zero attached hydrogens (tertiary/aromatic N) is 2. The second-order valence-electron chi connectivity index (χ2n) is 6.96. The quantitative estimate of drug-likeness (QED) is 0.824. The van der Waals surface area contributed by atoms with E-state index in [0.717, 1.165) is 37.4 Å². The fourth-order valence-corrected chi connectivity index (χ4v) is 3.12. The second-order valence-corrected chi connectivity index (χ2v) is 6.96. The van der Waals surface area contributed by atoms with E-state index in [1.807, 2.05) is 55.1 Å². The lowest BCUT2D eigenvalue weighted by Gasteiger charge is -2.27. The summed E-state index contributed by atoms with van der Waals surface area (Å²) in [6.07, 6.45) is 4.11. The van der Waals surface area contributed by atoms with Gasteiger partial charge in [-0.05, 0) is 44.4 Å². The van der Waals surface area contributed by atoms with Crippen LogP contribution < -0.4 is 5.32 Å². The zero-order valence-corrected chi connectivity index (χ0v) is 15.5. The van der Waals surface area contributed by atoms with Crippen LogP contribution >= 0.6 is 0 Å². The largest absolute Gasteiger partial charge is 0.376 e. The predicted octanol–water partition coefficient (Wildman–Crippen LogP) is 3.72. The molecule has 1 unspecified atom stereocenters. The number of hydrogen-bond acceptors (Lipinski definition) is 4. The van der Waals surface area contributed by atoms with Gasteiger partial charge in [-0.2, -0.15) is 0 Å². The number of ether oxygens (including phenoxy) is 1. The molecule has 0 bridgehead atoms. The number of benzene rings is 1. The van der Waals surface area contributed by atoms with E-state index in [-0.39, 0.29) is 18.1 Å². The van der Waals surface area contributed by atoms with Crippen LogP contribution in [-0.2, 0) is 11.3 Å². The number of nitrogens with one attached hydrogen (secondary N) is 1. The van der Waals surface area contributed by atoms with Gasteiger partial charge in [0.05, 0.1) is 6.10 Å². The van der Waals surface area contributed by atoms with Crippen molar-refractivity contribution in [2.24, 2.45) is 0 Å². The average Bonchev–Trinajstić information content (AvgIpc) is 3.18. The Labute approximate surface area is 155 Å². The van der Waals surface area contributed by atoms with Gasteiger partial charge >= 0.3 is 0 Å². The van der Waals surface area contributed by atoms with Gasteiger partial charge in [0.1, 0.15) is 5.82 Å². The Bertz CT molecular complexity index is 712. The third-order valence-corrected chi connectivity index (χ3v) is 4.62. The molecule has 5 nitrogen and oxygen atoms in total. The Morgan fingerprint density at radius 1 is 1.31 bits per heavy atom. The van der Waals surface area contributed by atoms with Crippen LogP contribution in [-0.4, -0.2) is 41.1 Å². The van der Waals surface area contributed by atoms with Gasteiger partial charge in [0.2, 0.25) is 0 Å². The van der Waals surface area contributed by atoms with Crippen molar-refractivity contribution >= 4 is 11.7 Å². The Morgan fingerprint density at radius 3 is 2.81 bits per heavy atom. The van der Waals surface area contributed by atoms with Crippen LogP contribution in [0.3, 0.4) is 0 Å². The molecule has 138 valence electrons. The Morgan fingerprint density at radius 2 is 2.12 bits per heavy atom. The van der Waals surface area contributed by atoms with Crippen molar-refractivity contribution in [2.75, 3.05) is 18.5 Å². The molecule has 1 fully saturated rings. The molecule has 1 saturated heterocycles. The summed E-state index contributed by atoms with van der Waals surface area (Å²) in [6.45, 7) is 6.24. The number of anilines is 1. The molecule has 1 amide bonds. The SMILES string of the molecule is CC(C)N(Cc1ccccc1)C(=O)c1ccnc(NCC2CCCO2)c1. The summed E-state index contributed by atoms with van der Waals surface area (Å²) in [7, 11) is 0. The zero-order chi connectivity index (χ0) is 18.4. The maximum atomic E-state index is 13.0. The molecule has 0 saturated carbocycles. The van der Waals surface area contributed by atoms with Gasteiger partial charge in [0, 0.05) is 37.5 Å². The summed E-state index contributed by atoms with van der Waals surface area (Å²) >= 11 is 0. The van der Waals surface area contributed by atoms with Crippen LogP contribution in [0.2, 0.25) is 0 Å². The molecule has 0 aliphatic carbocycles. The highest BCUT2D eigenvalue weighted by Crippen LogP contribution is 2.17. The van der Waals surface area contributed by atoms with Crippen LogP contribution in [0, 0.1) is 0 Å². The number of carbonyl (C=O) groups excluding carboxylic acids is 1. The molecule has 1 atom stereocenters. The second kappa shape index (κ2) is 8.81. The number of amides is 1. The topological polar surface area (TPSA) is 54.5 Å². The molecular weight excluding hydrogens is 326 g/mol. The molecule has 1 aromatic carbocycles. The van der Waals surface area contributed by atoms with Crippen LogP contribution in [0.25, 0.3) is 0 Å². The minimum Gasteiger partial charge on any atom is -0.376 e. The van der Waals surface area contributed by atoms with E-state index in [0.29, 0.717) is 12.1 Å². The molecule has 2 heterocycles. The van der Waals surface area contributed by atoms with Crippen molar-refractivity contribution in [3.05, 3.63) is 59.8 Å². The van der Waals surface area contributed by atoms with E-state index in [2.05, 4.69) is 10.3 Å². The molecule has 0 spiro atoms. The summed E-state index contributed by atoms with van der Waals surface area (Å²) in [5.74, 6) is 0.737. The fourth-order valence-electron chi connectivity index (χ4n) is 3.12. The normalized spacial score (nSPS) is 16.7. The first-order valence-corrected chi connectivity index (χ1v) is 9.30. The average molecular weight is 353 g/mol. The van der Waals surface area contributed by atoms with E-state index in [4.69, 9.17) is 4.74 Å². The Kier molecular flexibility index (Phi) is 6.23. The molecule has 0 radical (unpaired) electrons. The van der Waals surface area contributed by atoms with Crippen molar-refractivity contribution in [3.63, 3.8) is 0 Å². The molecule has 5 heteroatoms. The van der Waals surface area contributed by atoms with Crippen molar-refractivity contribution in [3.8, 4) is 0 Å². The van der Waals surface area contributed by atoms with E-state index in [1.54, 1.807) is 12.3 Å². The van der Waals surface area contributed by atoms with Gasteiger partial charge in [0.15, 0.2) is 0 Å². The molecule has 1 aliphatic rings. The Balaban J connectivity index is 1.69. The van der Waals surface area contributed by atoms with Crippen molar-refractivity contribution in [1.29, 1.82) is 0 Å². The first-order valence-electron chi connectivity index (χ1n) is 9.30. The van der Waals surface area contributed by atoms with E-state index >= 15 is 0 Å². The number of carbonyl (C=O) groups is 1. The summed E-state index contributed by atoms with van der Waals surface area (Å²) in [5, 5.41) is 3.29. The Hall–Kier alpha value is -2.40. The summed E-state index contributed by atoms with van der Waals surface area (Å²) in [5.41, 5.74) is 1.78. The summed E-state index contributed by atoms with van der Waals surface area (Å²) in [6, 6.07) is 13.8. The third kappa shape index (κ3) is 4.82. The van der Waals surface area contributed by atoms with Gasteiger partial charge in [-0.15, -0.1) is 0 Å². The first-order chi connectivity index (χ1) is 12.6. The third-order valence-electron chi connectivity index (χ3n) is 4.62. The summed E-state index contributed by atoms with van der Waals surface area (Å²) < 4.78 is 5.62. The van der Waals surface area contributed by atoms with E-state index in [9.17, 15) is 4.79 Å². The highest BCUT2D eigenvalue weighted by molar-refractivity contribution is 5.95. The van der Waals surface area contributed by atoms with Crippen LogP contribution in [0.15, 0.2) is 48.7 Å². The summed E-state index contributed by atoms with van der Waals surface area (Å²) in [4.78, 5) is 19.3. The standard InChI is InChI=1S/C21H27N3O2/c1-16(2)24(15-17-7-4-3-5-8-17)21(25)18-10-11-22-20(13-18)23-14-19-9-6-12-26-19/h3-5,7-8,10-11,13,16,19H,6,9,12,14-15H2,1-2H3,(H,22,23). The van der Waals surface area contributed by atoms with Gasteiger partial charge in [-0.1, -0.05) is 30.3 Å². The number of hydrogen-bond donors (Lipinski definition) is 1. The van der Waals surface area contributed by atoms with Crippen LogP contribution in [0.1, 0.15) is 42.6 Å². The molecule has 2 aromatic rings. The van der Waals surface area contributed by atoms with E-state index < -0.39 is 0 Å². The molecule has 26 heavy (non-hydrogen) atoms. The van der Waals surface area contributed by atoms with Gasteiger partial charge in [-0.25, -0.2) is 4.98 Å². The van der Waals surface area contributed by atoms with Crippen molar-refractivity contribution < 1.29 is 9.53 Å². The predicted molar refractivity (Wildman–Crippen MR) is 103 cm³/mol. The smallest absolute Gasteiger partial charge is 0.254 e. The molecule has 3 rings (SSSR count). The van der Waals surface area contributed by atoms with Gasteiger partial charge < -0.3 is 15.0 Å². The van der Waals surface area contributed by atoms with Crippen molar-refractivity contribution in [2.45, 2.75) is 45.4 Å². The highest BCUT2D eigenvalue weighted by Gasteiger charge is 2.20. The molecule has 1 aliphatic heterocycles. The maximum absolute atomic E-state index is 13.0. The number of aromatic nitrogens is 1. The van der Waals surface area contributed by atoms with Gasteiger partial charge in [-0.3, -0.25) is 4.79 Å². The minimum atomic E-state index is 0.0198. The monoisotopic (exact) mass is 353 g/mol. The lowest BCUT2D eigenvalue weighted by Crippen LogP contribution is -2.36. The lowest BCUT2D eigenvalue weighted by atomic mass is 10.1. The maximum Gasteiger partial charge on any atom is 0.254 e.